The van der Waals surface area contributed by atoms with Crippen molar-refractivity contribution in [3.63, 3.8) is 0 Å². The molecule has 0 amide bonds. The van der Waals surface area contributed by atoms with Gasteiger partial charge in [-0.25, -0.2) is 9.78 Å². The largest absolute Gasteiger partial charge is 0.486 e. The lowest BCUT2D eigenvalue weighted by Gasteiger charge is -2.20. The van der Waals surface area contributed by atoms with Crippen molar-refractivity contribution in [3.05, 3.63) is 44.3 Å². The zero-order chi connectivity index (χ0) is 19.1. The number of hydrogen-bond donors (Lipinski definition) is 1. The summed E-state index contributed by atoms with van der Waals surface area (Å²) >= 11 is 6.29. The number of hydrogen-bond acceptors (Lipinski definition) is 6. The van der Waals surface area contributed by atoms with Gasteiger partial charge in [-0.1, -0.05) is 11.6 Å². The Morgan fingerprint density at radius 1 is 1.15 bits per heavy atom. The minimum Gasteiger partial charge on any atom is -0.486 e. The quantitative estimate of drug-likeness (QED) is 0.712. The van der Waals surface area contributed by atoms with Crippen LogP contribution in [0.2, 0.25) is 5.02 Å². The van der Waals surface area contributed by atoms with E-state index in [1.807, 2.05) is 0 Å². The molecule has 2 aromatic heterocycles. The van der Waals surface area contributed by atoms with Crippen LogP contribution in [0.1, 0.15) is 0 Å². The number of imidazole rings is 1. The Kier molecular flexibility index (Phi) is 4.31. The minimum absolute atomic E-state index is 0.362. The zero-order valence-corrected chi connectivity index (χ0v) is 15.6. The maximum absolute atomic E-state index is 12.4. The van der Waals surface area contributed by atoms with Gasteiger partial charge in [0.2, 0.25) is 0 Å². The second-order valence-corrected chi connectivity index (χ2v) is 6.63. The number of fused-ring (bicyclic) bond motifs is 2. The summed E-state index contributed by atoms with van der Waals surface area (Å²) in [6.45, 7) is 1.96. The number of nitrogens with one attached hydrogen (secondary N) is 1. The Hall–Kier alpha value is -2.94. The summed E-state index contributed by atoms with van der Waals surface area (Å²) < 4.78 is 15.2. The molecule has 142 valence electrons. The molecule has 3 aromatic rings. The molecular weight excluding hydrogens is 374 g/mol. The molecule has 1 aliphatic heterocycles. The van der Waals surface area contributed by atoms with Crippen LogP contribution in [0.3, 0.4) is 0 Å². The van der Waals surface area contributed by atoms with Crippen LogP contribution in [-0.4, -0.2) is 38.4 Å². The van der Waals surface area contributed by atoms with E-state index in [1.54, 1.807) is 30.1 Å². The molecule has 9 nitrogen and oxygen atoms in total. The first-order chi connectivity index (χ1) is 13.0. The van der Waals surface area contributed by atoms with E-state index in [1.165, 1.54) is 11.6 Å². The molecule has 0 saturated carbocycles. The van der Waals surface area contributed by atoms with Gasteiger partial charge >= 0.3 is 5.69 Å². The van der Waals surface area contributed by atoms with Gasteiger partial charge in [0.25, 0.3) is 5.56 Å². The van der Waals surface area contributed by atoms with Gasteiger partial charge in [0.05, 0.1) is 17.0 Å². The number of aromatic nitrogens is 4. The second kappa shape index (κ2) is 6.66. The molecule has 1 N–H and O–H groups in total. The third-order valence-electron chi connectivity index (χ3n) is 4.52. The Balaban J connectivity index is 1.57. The molecule has 0 fully saturated rings. The van der Waals surface area contributed by atoms with Gasteiger partial charge in [0.1, 0.15) is 13.2 Å². The summed E-state index contributed by atoms with van der Waals surface area (Å²) in [4.78, 5) is 28.6. The molecule has 27 heavy (non-hydrogen) atoms. The van der Waals surface area contributed by atoms with E-state index in [2.05, 4.69) is 10.3 Å². The van der Waals surface area contributed by atoms with Gasteiger partial charge in [-0.15, -0.1) is 0 Å². The lowest BCUT2D eigenvalue weighted by Crippen LogP contribution is -2.37. The number of benzene rings is 1. The molecule has 0 bridgehead atoms. The molecule has 0 atom stereocenters. The van der Waals surface area contributed by atoms with Gasteiger partial charge in [-0.2, -0.15) is 0 Å². The molecule has 4 rings (SSSR count). The lowest BCUT2D eigenvalue weighted by molar-refractivity contribution is 0.171. The van der Waals surface area contributed by atoms with Gasteiger partial charge in [0, 0.05) is 39.3 Å². The van der Waals surface area contributed by atoms with Crippen LogP contribution in [0, 0.1) is 0 Å². The minimum atomic E-state index is -0.404. The van der Waals surface area contributed by atoms with E-state index in [9.17, 15) is 9.59 Å². The topological polar surface area (TPSA) is 92.3 Å². The summed E-state index contributed by atoms with van der Waals surface area (Å²) in [7, 11) is 3.04. The fourth-order valence-electron chi connectivity index (χ4n) is 3.08. The highest BCUT2D eigenvalue weighted by Crippen LogP contribution is 2.37. The highest BCUT2D eigenvalue weighted by Gasteiger charge is 2.16. The van der Waals surface area contributed by atoms with E-state index >= 15 is 0 Å². The van der Waals surface area contributed by atoms with Crippen LogP contribution in [0.25, 0.3) is 11.2 Å². The van der Waals surface area contributed by atoms with Gasteiger partial charge < -0.3 is 19.4 Å². The standard InChI is InChI=1S/C17H18ClN5O4/c1-21-15-14(16(24)22(2)17(21)25)23(9-20-15)4-3-19-11-8-13-12(7-10(11)18)26-5-6-27-13/h7-9,19H,3-6H2,1-2H3. The number of nitrogens with zero attached hydrogens (tertiary/aromatic N) is 4. The zero-order valence-electron chi connectivity index (χ0n) is 14.9. The number of ether oxygens (including phenoxy) is 2. The summed E-state index contributed by atoms with van der Waals surface area (Å²) in [5.74, 6) is 1.27. The monoisotopic (exact) mass is 391 g/mol. The van der Waals surface area contributed by atoms with Crippen LogP contribution in [-0.2, 0) is 20.6 Å². The van der Waals surface area contributed by atoms with Crippen molar-refractivity contribution >= 4 is 28.5 Å². The Bertz CT molecular complexity index is 1150. The number of aryl methyl sites for hydroxylation is 1. The Morgan fingerprint density at radius 3 is 2.59 bits per heavy atom. The molecule has 3 heterocycles. The van der Waals surface area contributed by atoms with Crippen LogP contribution in [0.5, 0.6) is 11.5 Å². The first-order valence-corrected chi connectivity index (χ1v) is 8.79. The fraction of sp³-hybridized carbons (Fsp3) is 0.353. The highest BCUT2D eigenvalue weighted by atomic mass is 35.5. The molecule has 1 aromatic carbocycles. The van der Waals surface area contributed by atoms with Crippen LogP contribution < -0.4 is 26.0 Å². The molecule has 10 heteroatoms. The molecule has 1 aliphatic rings. The van der Waals surface area contributed by atoms with Crippen molar-refractivity contribution in [1.29, 1.82) is 0 Å². The average Bonchev–Trinajstić information content (AvgIpc) is 3.09. The van der Waals surface area contributed by atoms with Crippen molar-refractivity contribution in [2.24, 2.45) is 14.1 Å². The molecular formula is C17H18ClN5O4. The van der Waals surface area contributed by atoms with Gasteiger partial charge in [0.15, 0.2) is 22.7 Å². The number of rotatable bonds is 4. The third kappa shape index (κ3) is 2.93. The average molecular weight is 392 g/mol. The van der Waals surface area contributed by atoms with Gasteiger partial charge in [-0.05, 0) is 0 Å². The second-order valence-electron chi connectivity index (χ2n) is 6.22. The first kappa shape index (κ1) is 17.5. The maximum atomic E-state index is 12.4. The van der Waals surface area contributed by atoms with Crippen molar-refractivity contribution in [3.8, 4) is 11.5 Å². The normalized spacial score (nSPS) is 13.1. The molecule has 0 aliphatic carbocycles. The van der Waals surface area contributed by atoms with E-state index in [0.29, 0.717) is 59.7 Å². The van der Waals surface area contributed by atoms with Crippen molar-refractivity contribution < 1.29 is 9.47 Å². The Morgan fingerprint density at radius 2 is 1.85 bits per heavy atom. The number of halogens is 1. The Labute approximate surface area is 158 Å². The van der Waals surface area contributed by atoms with Crippen molar-refractivity contribution in [2.75, 3.05) is 25.1 Å². The lowest BCUT2D eigenvalue weighted by atomic mass is 10.2. The van der Waals surface area contributed by atoms with E-state index in [4.69, 9.17) is 21.1 Å². The van der Waals surface area contributed by atoms with Crippen LogP contribution in [0.4, 0.5) is 5.69 Å². The summed E-state index contributed by atoms with van der Waals surface area (Å²) in [5, 5.41) is 3.75. The fourth-order valence-corrected chi connectivity index (χ4v) is 3.30. The van der Waals surface area contributed by atoms with Crippen molar-refractivity contribution in [2.45, 2.75) is 6.54 Å². The van der Waals surface area contributed by atoms with Crippen LogP contribution >= 0.6 is 11.6 Å². The molecule has 0 radical (unpaired) electrons. The summed E-state index contributed by atoms with van der Waals surface area (Å²) in [6, 6.07) is 3.52. The SMILES string of the molecule is Cn1c(=O)c2c(ncn2CCNc2cc3c(cc2Cl)OCCO3)n(C)c1=O. The van der Waals surface area contributed by atoms with E-state index < -0.39 is 5.69 Å². The van der Waals surface area contributed by atoms with Gasteiger partial charge in [-0.3, -0.25) is 13.9 Å². The van der Waals surface area contributed by atoms with E-state index in [0.717, 1.165) is 4.57 Å². The summed E-state index contributed by atoms with van der Waals surface area (Å²) in [5.41, 5.74) is 0.683. The van der Waals surface area contributed by atoms with E-state index in [-0.39, 0.29) is 5.56 Å². The number of anilines is 1. The predicted molar refractivity (Wildman–Crippen MR) is 101 cm³/mol. The molecule has 0 saturated heterocycles. The highest BCUT2D eigenvalue weighted by molar-refractivity contribution is 6.33. The third-order valence-corrected chi connectivity index (χ3v) is 4.83. The smallest absolute Gasteiger partial charge is 0.332 e. The van der Waals surface area contributed by atoms with Crippen LogP contribution in [0.15, 0.2) is 28.0 Å². The maximum Gasteiger partial charge on any atom is 0.332 e. The summed E-state index contributed by atoms with van der Waals surface area (Å²) in [6.07, 6.45) is 1.55. The molecule has 0 unspecified atom stereocenters. The first-order valence-electron chi connectivity index (χ1n) is 8.41. The van der Waals surface area contributed by atoms with Crippen molar-refractivity contribution in [1.82, 2.24) is 18.7 Å². The molecule has 0 spiro atoms. The predicted octanol–water partition coefficient (Wildman–Crippen LogP) is 0.970.